The van der Waals surface area contributed by atoms with Gasteiger partial charge in [0.2, 0.25) is 0 Å². The van der Waals surface area contributed by atoms with E-state index in [0.29, 0.717) is 10.0 Å². The molecule has 0 unspecified atom stereocenters. The van der Waals surface area contributed by atoms with Gasteiger partial charge in [0.05, 0.1) is 17.2 Å². The zero-order chi connectivity index (χ0) is 13.0. The van der Waals surface area contributed by atoms with E-state index in [1.165, 1.54) is 5.56 Å². The van der Waals surface area contributed by atoms with Crippen molar-refractivity contribution >= 4 is 23.2 Å². The van der Waals surface area contributed by atoms with Crippen molar-refractivity contribution in [2.75, 3.05) is 7.11 Å². The number of ether oxygens (including phenoxy) is 1. The van der Waals surface area contributed by atoms with E-state index in [1.54, 1.807) is 7.11 Å². The first-order chi connectivity index (χ1) is 8.67. The number of rotatable bonds is 4. The van der Waals surface area contributed by atoms with Crippen molar-refractivity contribution in [2.24, 2.45) is 0 Å². The van der Waals surface area contributed by atoms with E-state index in [9.17, 15) is 0 Å². The summed E-state index contributed by atoms with van der Waals surface area (Å²) in [5.41, 5.74) is 2.35. The molecular weight excluding hydrogens is 267 g/mol. The Balaban J connectivity index is 2.06. The van der Waals surface area contributed by atoms with E-state index in [2.05, 4.69) is 12.1 Å². The fourth-order valence-corrected chi connectivity index (χ4v) is 2.35. The van der Waals surface area contributed by atoms with Gasteiger partial charge in [-0.25, -0.2) is 0 Å². The molecule has 0 aromatic heterocycles. The molecule has 3 heteroatoms. The predicted molar refractivity (Wildman–Crippen MR) is 75.7 cm³/mol. The van der Waals surface area contributed by atoms with Crippen LogP contribution in [0.3, 0.4) is 0 Å². The van der Waals surface area contributed by atoms with Crippen LogP contribution >= 0.6 is 23.2 Å². The molecule has 0 aliphatic rings. The second-order valence-corrected chi connectivity index (χ2v) is 4.85. The van der Waals surface area contributed by atoms with Crippen LogP contribution in [-0.2, 0) is 12.8 Å². The summed E-state index contributed by atoms with van der Waals surface area (Å²) < 4.78 is 5.20. The highest BCUT2D eigenvalue weighted by atomic mass is 35.5. The minimum Gasteiger partial charge on any atom is -0.497 e. The van der Waals surface area contributed by atoms with E-state index < -0.39 is 0 Å². The maximum absolute atomic E-state index is 5.92. The minimum atomic E-state index is 0.558. The highest BCUT2D eigenvalue weighted by Gasteiger charge is 2.01. The Kier molecular flexibility index (Phi) is 4.51. The Morgan fingerprint density at radius 1 is 1.00 bits per heavy atom. The Bertz CT molecular complexity index is 518. The smallest absolute Gasteiger partial charge is 0.119 e. The Labute approximate surface area is 117 Å². The van der Waals surface area contributed by atoms with Crippen LogP contribution < -0.4 is 4.74 Å². The van der Waals surface area contributed by atoms with Gasteiger partial charge in [0.1, 0.15) is 5.75 Å². The van der Waals surface area contributed by atoms with Gasteiger partial charge in [-0.15, -0.1) is 0 Å². The molecule has 18 heavy (non-hydrogen) atoms. The first kappa shape index (κ1) is 13.3. The molecule has 0 spiro atoms. The molecule has 0 atom stereocenters. The number of hydrogen-bond donors (Lipinski definition) is 0. The Morgan fingerprint density at radius 3 is 2.33 bits per heavy atom. The van der Waals surface area contributed by atoms with Gasteiger partial charge in [-0.3, -0.25) is 0 Å². The van der Waals surface area contributed by atoms with E-state index in [4.69, 9.17) is 27.9 Å². The molecule has 1 radical (unpaired) electrons. The molecule has 2 aromatic rings. The number of hydrogen-bond acceptors (Lipinski definition) is 1. The van der Waals surface area contributed by atoms with Crippen LogP contribution in [0.15, 0.2) is 36.4 Å². The normalized spacial score (nSPS) is 10.4. The second kappa shape index (κ2) is 6.12. The zero-order valence-corrected chi connectivity index (χ0v) is 11.6. The molecule has 0 amide bonds. The van der Waals surface area contributed by atoms with Crippen molar-refractivity contribution in [3.8, 4) is 5.75 Å². The van der Waals surface area contributed by atoms with Crippen LogP contribution in [0.25, 0.3) is 0 Å². The van der Waals surface area contributed by atoms with Crippen molar-refractivity contribution in [3.63, 3.8) is 0 Å². The lowest BCUT2D eigenvalue weighted by Crippen LogP contribution is -1.92. The minimum absolute atomic E-state index is 0.558. The molecule has 2 rings (SSSR count). The van der Waals surface area contributed by atoms with Crippen LogP contribution in [0.5, 0.6) is 5.75 Å². The first-order valence-electron chi connectivity index (χ1n) is 5.67. The molecule has 0 fully saturated rings. The lowest BCUT2D eigenvalue weighted by atomic mass is 10.0. The molecular formula is C15H13Cl2O. The maximum atomic E-state index is 5.92. The van der Waals surface area contributed by atoms with Gasteiger partial charge in [-0.1, -0.05) is 35.3 Å². The highest BCUT2D eigenvalue weighted by Crippen LogP contribution is 2.20. The summed E-state index contributed by atoms with van der Waals surface area (Å²) in [7, 11) is 1.67. The molecule has 93 valence electrons. The van der Waals surface area contributed by atoms with Gasteiger partial charge in [-0.05, 0) is 48.2 Å². The van der Waals surface area contributed by atoms with Gasteiger partial charge in [0.15, 0.2) is 0 Å². The van der Waals surface area contributed by atoms with Gasteiger partial charge < -0.3 is 4.74 Å². The summed E-state index contributed by atoms with van der Waals surface area (Å²) in [5, 5.41) is 1.12. The number of benzene rings is 2. The topological polar surface area (TPSA) is 9.23 Å². The molecule has 0 saturated carbocycles. The summed E-state index contributed by atoms with van der Waals surface area (Å²) >= 11 is 11.8. The van der Waals surface area contributed by atoms with E-state index in [1.807, 2.05) is 30.3 Å². The monoisotopic (exact) mass is 279 g/mol. The lowest BCUT2D eigenvalue weighted by molar-refractivity contribution is 0.414. The van der Waals surface area contributed by atoms with Crippen LogP contribution in [0.2, 0.25) is 10.0 Å². The zero-order valence-electron chi connectivity index (χ0n) is 10.0. The summed E-state index contributed by atoms with van der Waals surface area (Å²) in [6, 6.07) is 14.7. The van der Waals surface area contributed by atoms with Crippen molar-refractivity contribution in [3.05, 3.63) is 63.6 Å². The summed E-state index contributed by atoms with van der Waals surface area (Å²) in [6.07, 6.45) is 1.81. The highest BCUT2D eigenvalue weighted by molar-refractivity contribution is 6.34. The summed E-state index contributed by atoms with van der Waals surface area (Å²) in [5.74, 6) is 0.880. The van der Waals surface area contributed by atoms with E-state index in [0.717, 1.165) is 24.2 Å². The van der Waals surface area contributed by atoms with Crippen molar-refractivity contribution < 1.29 is 4.74 Å². The molecule has 1 nitrogen and oxygen atoms in total. The summed E-state index contributed by atoms with van der Waals surface area (Å²) in [6.45, 7) is 0. The number of methoxy groups -OCH3 is 1. The fraction of sp³-hybridized carbons (Fsp3) is 0.200. The van der Waals surface area contributed by atoms with Crippen molar-refractivity contribution in [2.45, 2.75) is 12.8 Å². The lowest BCUT2D eigenvalue weighted by Gasteiger charge is -2.05. The van der Waals surface area contributed by atoms with Gasteiger partial charge in [0, 0.05) is 6.07 Å². The first-order valence-corrected chi connectivity index (χ1v) is 6.43. The van der Waals surface area contributed by atoms with Crippen LogP contribution in [0.4, 0.5) is 0 Å². The molecule has 0 bridgehead atoms. The largest absolute Gasteiger partial charge is 0.497 e. The maximum Gasteiger partial charge on any atom is 0.119 e. The quantitative estimate of drug-likeness (QED) is 0.796. The van der Waals surface area contributed by atoms with Crippen LogP contribution in [-0.4, -0.2) is 7.11 Å². The standard InChI is InChI=1S/C15H13Cl2O/c1-18-15-4-2-3-11(9-15)5-6-12-7-13(16)10-14(17)8-12/h2-4,7-9H,5-6H2,1H3. The number of aryl methyl sites for hydroxylation is 2. The third-order valence-corrected chi connectivity index (χ3v) is 3.11. The third-order valence-electron chi connectivity index (χ3n) is 2.70. The average molecular weight is 280 g/mol. The molecule has 0 heterocycles. The van der Waals surface area contributed by atoms with Crippen LogP contribution in [0.1, 0.15) is 11.1 Å². The molecule has 2 aromatic carbocycles. The van der Waals surface area contributed by atoms with Crippen molar-refractivity contribution in [1.29, 1.82) is 0 Å². The fourth-order valence-electron chi connectivity index (χ4n) is 1.81. The summed E-state index contributed by atoms with van der Waals surface area (Å²) in [4.78, 5) is 0. The third kappa shape index (κ3) is 3.66. The van der Waals surface area contributed by atoms with Gasteiger partial charge in [-0.2, -0.15) is 0 Å². The SMILES string of the molecule is COc1cccc(CCc2cc(Cl)[c]c(Cl)c2)c1. The Hall–Kier alpha value is -1.18. The number of halogens is 2. The van der Waals surface area contributed by atoms with Gasteiger partial charge >= 0.3 is 0 Å². The molecule has 0 aliphatic carbocycles. The molecule has 0 N–H and O–H groups in total. The predicted octanol–water partition coefficient (Wildman–Crippen LogP) is 4.59. The average Bonchev–Trinajstić information content (AvgIpc) is 2.35. The van der Waals surface area contributed by atoms with E-state index in [-0.39, 0.29) is 0 Å². The Morgan fingerprint density at radius 2 is 1.67 bits per heavy atom. The van der Waals surface area contributed by atoms with Crippen LogP contribution in [0, 0.1) is 6.07 Å². The van der Waals surface area contributed by atoms with Crippen molar-refractivity contribution in [1.82, 2.24) is 0 Å². The van der Waals surface area contributed by atoms with E-state index >= 15 is 0 Å². The molecule has 0 saturated heterocycles. The van der Waals surface area contributed by atoms with Gasteiger partial charge in [0.25, 0.3) is 0 Å². The molecule has 0 aliphatic heterocycles. The second-order valence-electron chi connectivity index (χ2n) is 4.04.